The molecule has 0 N–H and O–H groups in total. The number of hydrogen-bond donors (Lipinski definition) is 0. The van der Waals surface area contributed by atoms with Gasteiger partial charge in [-0.2, -0.15) is 9.78 Å². The van der Waals surface area contributed by atoms with Crippen LogP contribution in [0.2, 0.25) is 10.0 Å². The van der Waals surface area contributed by atoms with Crippen LogP contribution in [0.5, 0.6) is 11.5 Å². The molecular formula is C17H11Cl2N3O3. The van der Waals surface area contributed by atoms with E-state index in [1.54, 1.807) is 37.3 Å². The molecule has 0 spiro atoms. The summed E-state index contributed by atoms with van der Waals surface area (Å²) in [5.41, 5.74) is 0.937. The van der Waals surface area contributed by atoms with Gasteiger partial charge in [0.2, 0.25) is 6.79 Å². The average Bonchev–Trinajstić information content (AvgIpc) is 3.03. The molecule has 25 heavy (non-hydrogen) atoms. The predicted molar refractivity (Wildman–Crippen MR) is 96.3 cm³/mol. The minimum Gasteiger partial charge on any atom is -0.454 e. The molecule has 0 bridgehead atoms. The van der Waals surface area contributed by atoms with Gasteiger partial charge in [-0.15, -0.1) is 0 Å². The van der Waals surface area contributed by atoms with Gasteiger partial charge in [-0.25, -0.2) is 4.98 Å². The summed E-state index contributed by atoms with van der Waals surface area (Å²) in [6, 6.07) is 8.36. The molecule has 1 aliphatic heterocycles. The first-order valence-corrected chi connectivity index (χ1v) is 8.11. The van der Waals surface area contributed by atoms with Crippen LogP contribution in [0.15, 0.2) is 40.2 Å². The molecule has 0 atom stereocenters. The Balaban J connectivity index is 1.78. The highest BCUT2D eigenvalue weighted by molar-refractivity contribution is 6.32. The third-order valence-electron chi connectivity index (χ3n) is 3.74. The summed E-state index contributed by atoms with van der Waals surface area (Å²) in [7, 11) is 0. The van der Waals surface area contributed by atoms with Crippen molar-refractivity contribution in [1.82, 2.24) is 9.66 Å². The van der Waals surface area contributed by atoms with E-state index in [9.17, 15) is 4.79 Å². The van der Waals surface area contributed by atoms with E-state index in [-0.39, 0.29) is 12.4 Å². The van der Waals surface area contributed by atoms with Gasteiger partial charge in [0, 0.05) is 5.02 Å². The van der Waals surface area contributed by atoms with Crippen LogP contribution in [-0.2, 0) is 0 Å². The summed E-state index contributed by atoms with van der Waals surface area (Å²) in [6.45, 7) is 1.83. The fourth-order valence-electron chi connectivity index (χ4n) is 2.58. The monoisotopic (exact) mass is 375 g/mol. The lowest BCUT2D eigenvalue weighted by Gasteiger charge is -2.06. The highest BCUT2D eigenvalue weighted by atomic mass is 35.5. The third-order valence-corrected chi connectivity index (χ3v) is 4.26. The zero-order valence-electron chi connectivity index (χ0n) is 13.0. The van der Waals surface area contributed by atoms with Crippen LogP contribution in [0, 0.1) is 6.92 Å². The maximum absolute atomic E-state index is 12.6. The highest BCUT2D eigenvalue weighted by Gasteiger charge is 2.17. The lowest BCUT2D eigenvalue weighted by atomic mass is 10.2. The second-order valence-corrected chi connectivity index (χ2v) is 6.26. The first-order valence-electron chi connectivity index (χ1n) is 7.35. The number of aryl methyl sites for hydroxylation is 1. The third kappa shape index (κ3) is 2.83. The Labute approximate surface area is 152 Å². The normalized spacial score (nSPS) is 13.1. The average molecular weight is 376 g/mol. The summed E-state index contributed by atoms with van der Waals surface area (Å²) in [5, 5.41) is 5.63. The Morgan fingerprint density at radius 2 is 2.08 bits per heavy atom. The largest absolute Gasteiger partial charge is 0.454 e. The first-order chi connectivity index (χ1) is 12.0. The van der Waals surface area contributed by atoms with Gasteiger partial charge in [0.15, 0.2) is 11.5 Å². The summed E-state index contributed by atoms with van der Waals surface area (Å²) >= 11 is 12.1. The number of aromatic nitrogens is 2. The van der Waals surface area contributed by atoms with Gasteiger partial charge in [0.25, 0.3) is 5.56 Å². The molecule has 126 valence electrons. The SMILES string of the molecule is Cc1nc2cc(Cl)ccc2c(=O)n1N=Cc1cc(Cl)c2c(c1)OCO2. The summed E-state index contributed by atoms with van der Waals surface area (Å²) < 4.78 is 11.8. The Morgan fingerprint density at radius 3 is 2.92 bits per heavy atom. The molecule has 4 rings (SSSR count). The Kier molecular flexibility index (Phi) is 3.86. The van der Waals surface area contributed by atoms with Crippen LogP contribution in [0.3, 0.4) is 0 Å². The number of benzene rings is 2. The van der Waals surface area contributed by atoms with Gasteiger partial charge in [0.05, 0.1) is 22.1 Å². The quantitative estimate of drug-likeness (QED) is 0.641. The smallest absolute Gasteiger partial charge is 0.282 e. The van der Waals surface area contributed by atoms with Crippen LogP contribution < -0.4 is 15.0 Å². The molecule has 6 nitrogen and oxygen atoms in total. The van der Waals surface area contributed by atoms with E-state index in [0.29, 0.717) is 43.8 Å². The standard InChI is InChI=1S/C17H11Cl2N3O3/c1-9-21-14-6-11(18)2-3-12(14)17(23)22(9)20-7-10-4-13(19)16-15(5-10)24-8-25-16/h2-7H,8H2,1H3. The molecule has 2 heterocycles. The molecule has 0 saturated heterocycles. The topological polar surface area (TPSA) is 65.7 Å². The number of nitrogens with zero attached hydrogens (tertiary/aromatic N) is 3. The van der Waals surface area contributed by atoms with Crippen LogP contribution in [0.25, 0.3) is 10.9 Å². The van der Waals surface area contributed by atoms with E-state index in [2.05, 4.69) is 10.1 Å². The van der Waals surface area contributed by atoms with E-state index in [1.165, 1.54) is 10.9 Å². The van der Waals surface area contributed by atoms with Crippen LogP contribution in [0.1, 0.15) is 11.4 Å². The summed E-state index contributed by atoms with van der Waals surface area (Å²) in [6.07, 6.45) is 1.52. The molecular weight excluding hydrogens is 365 g/mol. The zero-order chi connectivity index (χ0) is 17.6. The number of halogens is 2. The molecule has 0 saturated carbocycles. The Bertz CT molecular complexity index is 1090. The van der Waals surface area contributed by atoms with Crippen molar-refractivity contribution in [1.29, 1.82) is 0 Å². The molecule has 1 aromatic heterocycles. The molecule has 1 aliphatic rings. The summed E-state index contributed by atoms with van der Waals surface area (Å²) in [5.74, 6) is 1.50. The first kappa shape index (κ1) is 15.9. The number of fused-ring (bicyclic) bond motifs is 2. The Hall–Kier alpha value is -2.57. The van der Waals surface area contributed by atoms with E-state index in [4.69, 9.17) is 32.7 Å². The van der Waals surface area contributed by atoms with Crippen LogP contribution in [0.4, 0.5) is 0 Å². The molecule has 0 amide bonds. The van der Waals surface area contributed by atoms with Crippen molar-refractivity contribution < 1.29 is 9.47 Å². The van der Waals surface area contributed by atoms with Crippen molar-refractivity contribution in [2.45, 2.75) is 6.92 Å². The minimum absolute atomic E-state index is 0.130. The van der Waals surface area contributed by atoms with Gasteiger partial charge < -0.3 is 9.47 Å². The highest BCUT2D eigenvalue weighted by Crippen LogP contribution is 2.39. The fraction of sp³-hybridized carbons (Fsp3) is 0.118. The minimum atomic E-state index is -0.276. The van der Waals surface area contributed by atoms with E-state index in [0.717, 1.165) is 0 Å². The van der Waals surface area contributed by atoms with Crippen molar-refractivity contribution in [3.8, 4) is 11.5 Å². The fourth-order valence-corrected chi connectivity index (χ4v) is 3.02. The maximum atomic E-state index is 12.6. The van der Waals surface area contributed by atoms with Crippen molar-refractivity contribution >= 4 is 40.3 Å². The molecule has 8 heteroatoms. The van der Waals surface area contributed by atoms with E-state index in [1.807, 2.05) is 0 Å². The Morgan fingerprint density at radius 1 is 1.24 bits per heavy atom. The van der Waals surface area contributed by atoms with Crippen molar-refractivity contribution in [3.05, 3.63) is 62.1 Å². The van der Waals surface area contributed by atoms with Gasteiger partial charge >= 0.3 is 0 Å². The van der Waals surface area contributed by atoms with E-state index >= 15 is 0 Å². The van der Waals surface area contributed by atoms with Gasteiger partial charge in [-0.3, -0.25) is 4.79 Å². The number of rotatable bonds is 2. The molecule has 3 aromatic rings. The number of hydrogen-bond acceptors (Lipinski definition) is 5. The second-order valence-electron chi connectivity index (χ2n) is 5.42. The van der Waals surface area contributed by atoms with Crippen LogP contribution >= 0.6 is 23.2 Å². The van der Waals surface area contributed by atoms with Gasteiger partial charge in [0.1, 0.15) is 5.82 Å². The number of ether oxygens (including phenoxy) is 2. The maximum Gasteiger partial charge on any atom is 0.282 e. The zero-order valence-corrected chi connectivity index (χ0v) is 14.5. The lowest BCUT2D eigenvalue weighted by molar-refractivity contribution is 0.174. The summed E-state index contributed by atoms with van der Waals surface area (Å²) in [4.78, 5) is 17.0. The molecule has 0 fully saturated rings. The van der Waals surface area contributed by atoms with Crippen molar-refractivity contribution in [2.75, 3.05) is 6.79 Å². The lowest BCUT2D eigenvalue weighted by Crippen LogP contribution is -2.20. The predicted octanol–water partition coefficient (Wildman–Crippen LogP) is 3.62. The van der Waals surface area contributed by atoms with Gasteiger partial charge in [-0.05, 0) is 42.8 Å². The van der Waals surface area contributed by atoms with Crippen molar-refractivity contribution in [3.63, 3.8) is 0 Å². The second kappa shape index (κ2) is 6.06. The molecule has 0 aliphatic carbocycles. The molecule has 0 radical (unpaired) electrons. The molecule has 2 aromatic carbocycles. The van der Waals surface area contributed by atoms with Crippen LogP contribution in [-0.4, -0.2) is 22.7 Å². The van der Waals surface area contributed by atoms with E-state index < -0.39 is 0 Å². The van der Waals surface area contributed by atoms with Crippen molar-refractivity contribution in [2.24, 2.45) is 5.10 Å². The molecule has 0 unspecified atom stereocenters. The van der Waals surface area contributed by atoms with Gasteiger partial charge in [-0.1, -0.05) is 23.2 Å².